The van der Waals surface area contributed by atoms with E-state index >= 15 is 0 Å². The van der Waals surface area contributed by atoms with Gasteiger partial charge in [-0.25, -0.2) is 0 Å². The molecule has 2 aliphatic rings. The highest BCUT2D eigenvalue weighted by Crippen LogP contribution is 2.61. The normalized spacial score (nSPS) is 23.0. The third-order valence-corrected chi connectivity index (χ3v) is 7.55. The van der Waals surface area contributed by atoms with Crippen LogP contribution in [0.5, 0.6) is 0 Å². The van der Waals surface area contributed by atoms with E-state index in [4.69, 9.17) is 0 Å². The lowest BCUT2D eigenvalue weighted by Crippen LogP contribution is -2.71. The number of aliphatic hydroxyl groups excluding tert-OH is 1. The Labute approximate surface area is 194 Å². The average Bonchev–Trinajstić information content (AvgIpc) is 3.04. The zero-order valence-corrected chi connectivity index (χ0v) is 18.9. The molecule has 1 fully saturated rings. The molecule has 4 rings (SSSR count). The van der Waals surface area contributed by atoms with Crippen LogP contribution in [-0.2, 0) is 22.4 Å². The highest BCUT2D eigenvalue weighted by Gasteiger charge is 2.68. The first-order valence-electron chi connectivity index (χ1n) is 10.1. The largest absolute Gasteiger partial charge is 0.392 e. The lowest BCUT2D eigenvalue weighted by atomic mass is 9.77. The summed E-state index contributed by atoms with van der Waals surface area (Å²) >= 11 is 5.42. The van der Waals surface area contributed by atoms with Gasteiger partial charge in [-0.3, -0.25) is 29.6 Å². The topological polar surface area (TPSA) is 114 Å². The molecule has 1 aromatic heterocycles. The molecular formula is C22H21N3O5S2. The van der Waals surface area contributed by atoms with E-state index in [0.29, 0.717) is 24.2 Å². The Bertz CT molecular complexity index is 1110. The van der Waals surface area contributed by atoms with E-state index in [2.05, 4.69) is 17.6 Å². The van der Waals surface area contributed by atoms with Gasteiger partial charge in [0.2, 0.25) is 11.0 Å². The van der Waals surface area contributed by atoms with Crippen LogP contribution in [0.2, 0.25) is 0 Å². The van der Waals surface area contributed by atoms with E-state index in [-0.39, 0.29) is 17.3 Å². The van der Waals surface area contributed by atoms with Gasteiger partial charge in [-0.15, -0.1) is 0 Å². The number of aliphatic hydroxyl groups is 1. The molecule has 10 heteroatoms. The minimum absolute atomic E-state index is 0.0304. The van der Waals surface area contributed by atoms with Crippen molar-refractivity contribution >= 4 is 41.1 Å². The fourth-order valence-electron chi connectivity index (χ4n) is 4.34. The lowest BCUT2D eigenvalue weighted by molar-refractivity contribution is -0.384. The second kappa shape index (κ2) is 8.68. The van der Waals surface area contributed by atoms with Crippen LogP contribution in [0, 0.1) is 16.0 Å². The molecule has 1 amide bonds. The van der Waals surface area contributed by atoms with Crippen LogP contribution < -0.4 is 0 Å². The number of benzene rings is 1. The molecule has 1 saturated heterocycles. The summed E-state index contributed by atoms with van der Waals surface area (Å²) in [5, 5.41) is 21.1. The van der Waals surface area contributed by atoms with Gasteiger partial charge in [0.25, 0.3) is 5.69 Å². The fourth-order valence-corrected chi connectivity index (χ4v) is 6.48. The highest BCUT2D eigenvalue weighted by atomic mass is 32.2. The van der Waals surface area contributed by atoms with E-state index in [9.17, 15) is 24.8 Å². The van der Waals surface area contributed by atoms with E-state index in [1.54, 1.807) is 31.3 Å². The van der Waals surface area contributed by atoms with Crippen molar-refractivity contribution in [2.45, 2.75) is 37.2 Å². The van der Waals surface area contributed by atoms with E-state index in [1.807, 2.05) is 12.1 Å². The van der Waals surface area contributed by atoms with Crippen molar-refractivity contribution in [3.05, 3.63) is 80.6 Å². The molecule has 0 aliphatic carbocycles. The Morgan fingerprint density at radius 2 is 2.06 bits per heavy atom. The van der Waals surface area contributed by atoms with Crippen molar-refractivity contribution in [1.29, 1.82) is 0 Å². The molecule has 0 bridgehead atoms. The first-order valence-corrected chi connectivity index (χ1v) is 11.4. The van der Waals surface area contributed by atoms with Crippen LogP contribution >= 0.6 is 24.4 Å². The second-order valence-corrected chi connectivity index (χ2v) is 9.56. The molecule has 8 nitrogen and oxygen atoms in total. The Morgan fingerprint density at radius 3 is 2.62 bits per heavy atom. The zero-order chi connectivity index (χ0) is 23.0. The first-order chi connectivity index (χ1) is 15.3. The molecule has 2 aliphatic heterocycles. The molecule has 2 aromatic rings. The minimum atomic E-state index is -0.902. The smallest absolute Gasteiger partial charge is 0.269 e. The maximum absolute atomic E-state index is 13.1. The predicted octanol–water partition coefficient (Wildman–Crippen LogP) is 3.12. The maximum atomic E-state index is 13.1. The number of hydrogen-bond donors (Lipinski definition) is 2. The summed E-state index contributed by atoms with van der Waals surface area (Å²) in [6.07, 6.45) is 1.84. The number of thiol groups is 1. The van der Waals surface area contributed by atoms with Crippen molar-refractivity contribution < 1.29 is 19.6 Å². The number of nitrogens with zero attached hydrogens (tertiary/aromatic N) is 3. The summed E-state index contributed by atoms with van der Waals surface area (Å²) in [6, 6.07) is 11.6. The molecule has 1 N–H and O–H groups in total. The molecule has 166 valence electrons. The Morgan fingerprint density at radius 1 is 1.34 bits per heavy atom. The van der Waals surface area contributed by atoms with Crippen LogP contribution in [0.4, 0.5) is 5.69 Å². The van der Waals surface area contributed by atoms with Crippen LogP contribution in [0.15, 0.2) is 59.3 Å². The van der Waals surface area contributed by atoms with Gasteiger partial charge in [0.05, 0.1) is 16.9 Å². The summed E-state index contributed by atoms with van der Waals surface area (Å²) in [7, 11) is 0. The van der Waals surface area contributed by atoms with Crippen molar-refractivity contribution in [2.24, 2.45) is 5.92 Å². The van der Waals surface area contributed by atoms with Crippen molar-refractivity contribution in [2.75, 3.05) is 0 Å². The van der Waals surface area contributed by atoms with Crippen molar-refractivity contribution in [1.82, 2.24) is 9.88 Å². The summed E-state index contributed by atoms with van der Waals surface area (Å²) in [5.74, 6) is -1.03. The van der Waals surface area contributed by atoms with Gasteiger partial charge >= 0.3 is 0 Å². The molecule has 1 aromatic carbocycles. The summed E-state index contributed by atoms with van der Waals surface area (Å²) in [5.41, 5.74) is 1.70. The summed E-state index contributed by atoms with van der Waals surface area (Å²) < 4.78 is 0. The van der Waals surface area contributed by atoms with Gasteiger partial charge in [-0.1, -0.05) is 49.5 Å². The van der Waals surface area contributed by atoms with Crippen LogP contribution in [0.1, 0.15) is 24.6 Å². The molecular weight excluding hydrogens is 450 g/mol. The van der Waals surface area contributed by atoms with Gasteiger partial charge in [0.15, 0.2) is 0 Å². The second-order valence-electron chi connectivity index (χ2n) is 7.75. The number of carbonyl (C=O) groups excluding carboxylic acids is 2. The van der Waals surface area contributed by atoms with E-state index < -0.39 is 26.9 Å². The van der Waals surface area contributed by atoms with Crippen molar-refractivity contribution in [3.63, 3.8) is 0 Å². The minimum Gasteiger partial charge on any atom is -0.392 e. The molecule has 3 atom stereocenters. The number of nitro benzene ring substituents is 1. The van der Waals surface area contributed by atoms with Crippen molar-refractivity contribution in [3.8, 4) is 0 Å². The van der Waals surface area contributed by atoms with Crippen LogP contribution in [0.3, 0.4) is 0 Å². The van der Waals surface area contributed by atoms with E-state index in [1.165, 1.54) is 28.8 Å². The van der Waals surface area contributed by atoms with Gasteiger partial charge in [0, 0.05) is 41.8 Å². The first kappa shape index (κ1) is 22.5. The molecule has 32 heavy (non-hydrogen) atoms. The number of fused-ring (bicyclic) bond motifs is 1. The van der Waals surface area contributed by atoms with Gasteiger partial charge in [-0.05, 0) is 24.1 Å². The maximum Gasteiger partial charge on any atom is 0.269 e. The third-order valence-electron chi connectivity index (χ3n) is 5.82. The number of carbonyl (C=O) groups is 2. The molecule has 0 unspecified atom stereocenters. The third kappa shape index (κ3) is 3.72. The SMILES string of the molecule is CC[C@H](O)[C@@H]1C(=O)N2C(C(=O)S)=C(Cc3ccccn3)S[C@]12Cc1ccc([N+](=O)[O-])cc1. The number of amides is 1. The van der Waals surface area contributed by atoms with Gasteiger partial charge < -0.3 is 5.11 Å². The number of rotatable bonds is 8. The Kier molecular flexibility index (Phi) is 6.11. The summed E-state index contributed by atoms with van der Waals surface area (Å²) in [4.78, 5) is 41.7. The number of non-ortho nitro benzene ring substituents is 1. The molecule has 0 radical (unpaired) electrons. The van der Waals surface area contributed by atoms with Crippen LogP contribution in [-0.4, -0.2) is 41.9 Å². The van der Waals surface area contributed by atoms with Gasteiger partial charge in [0.1, 0.15) is 10.6 Å². The molecule has 3 heterocycles. The highest BCUT2D eigenvalue weighted by molar-refractivity contribution is 8.05. The molecule has 0 saturated carbocycles. The van der Waals surface area contributed by atoms with E-state index in [0.717, 1.165) is 11.3 Å². The fraction of sp³-hybridized carbons (Fsp3) is 0.318. The standard InChI is InChI=1S/C22H21N3O5S2/c1-2-16(26)18-20(27)24-19(21(28)31)17(11-14-5-3-4-10-23-14)32-22(18,24)12-13-6-8-15(9-7-13)25(29)30/h3-10,16,18,26H,2,11-12H2,1H3,(H,28,31)/t16-,18+,22+/m0/s1. The number of thioether (sulfide) groups is 1. The monoisotopic (exact) mass is 471 g/mol. The molecule has 0 spiro atoms. The average molecular weight is 472 g/mol. The Balaban J connectivity index is 1.73. The number of allylic oxidation sites excluding steroid dienone is 1. The number of β-lactam (4-membered cyclic amide) rings is 1. The van der Waals surface area contributed by atoms with Gasteiger partial charge in [-0.2, -0.15) is 0 Å². The number of pyridine rings is 1. The number of aromatic nitrogens is 1. The van der Waals surface area contributed by atoms with Crippen LogP contribution in [0.25, 0.3) is 0 Å². The summed E-state index contributed by atoms with van der Waals surface area (Å²) in [6.45, 7) is 1.80. The Hall–Kier alpha value is -2.69. The predicted molar refractivity (Wildman–Crippen MR) is 123 cm³/mol. The quantitative estimate of drug-likeness (QED) is 0.263. The zero-order valence-electron chi connectivity index (χ0n) is 17.2. The lowest BCUT2D eigenvalue weighted by Gasteiger charge is -2.55. The number of nitro groups is 1. The number of hydrogen-bond acceptors (Lipinski definition) is 7.